The van der Waals surface area contributed by atoms with Crippen LogP contribution in [0.5, 0.6) is 0 Å². The highest BCUT2D eigenvalue weighted by molar-refractivity contribution is 6.16. The highest BCUT2D eigenvalue weighted by atomic mass is 16.5. The number of ketones is 1. The summed E-state index contributed by atoms with van der Waals surface area (Å²) in [6, 6.07) is 14.1. The number of hydrogen-bond acceptors (Lipinski definition) is 3. The number of H-pyrrole nitrogens is 1. The number of carbonyl (C=O) groups excluding carboxylic acids is 1. The maximum Gasteiger partial charge on any atom is 0.173 e. The van der Waals surface area contributed by atoms with Gasteiger partial charge in [-0.25, -0.2) is 0 Å². The van der Waals surface area contributed by atoms with Crippen molar-refractivity contribution in [1.29, 1.82) is 0 Å². The molecule has 4 nitrogen and oxygen atoms in total. The zero-order valence-electron chi connectivity index (χ0n) is 14.1. The molecule has 1 aromatic heterocycles. The Morgan fingerprint density at radius 1 is 1.12 bits per heavy atom. The fourth-order valence-electron chi connectivity index (χ4n) is 3.58. The monoisotopic (exact) mass is 322 g/mol. The molecule has 0 saturated carbocycles. The molecule has 1 atom stereocenters. The molecule has 1 saturated heterocycles. The number of rotatable bonds is 3. The Balaban J connectivity index is 1.82. The van der Waals surface area contributed by atoms with Crippen LogP contribution >= 0.6 is 0 Å². The predicted octanol–water partition coefficient (Wildman–Crippen LogP) is 3.52. The maximum absolute atomic E-state index is 13.3. The van der Waals surface area contributed by atoms with Gasteiger partial charge in [-0.3, -0.25) is 4.79 Å². The normalized spacial score (nSPS) is 19.0. The molecule has 2 N–H and O–H groups in total. The van der Waals surface area contributed by atoms with E-state index in [1.165, 1.54) is 0 Å². The van der Waals surface area contributed by atoms with Crippen molar-refractivity contribution in [3.8, 4) is 0 Å². The first-order chi connectivity index (χ1) is 11.6. The fourth-order valence-corrected chi connectivity index (χ4v) is 3.58. The number of hydrogen-bond donors (Lipinski definition) is 2. The van der Waals surface area contributed by atoms with Crippen LogP contribution in [0.3, 0.4) is 0 Å². The lowest BCUT2D eigenvalue weighted by atomic mass is 9.78. The first-order valence-electron chi connectivity index (χ1n) is 8.45. The molecule has 24 heavy (non-hydrogen) atoms. The summed E-state index contributed by atoms with van der Waals surface area (Å²) in [5.41, 5.74) is 2.13. The third-order valence-electron chi connectivity index (χ3n) is 5.10. The van der Waals surface area contributed by atoms with E-state index in [4.69, 9.17) is 4.74 Å². The lowest BCUT2D eigenvalue weighted by Crippen LogP contribution is -2.49. The molecule has 1 unspecified atom stereocenters. The first kappa shape index (κ1) is 15.4. The van der Waals surface area contributed by atoms with E-state index in [0.717, 1.165) is 33.9 Å². The smallest absolute Gasteiger partial charge is 0.173 e. The summed E-state index contributed by atoms with van der Waals surface area (Å²) in [7, 11) is 0. The van der Waals surface area contributed by atoms with Crippen LogP contribution in [0.1, 0.15) is 24.2 Å². The van der Waals surface area contributed by atoms with Gasteiger partial charge in [0.25, 0.3) is 0 Å². The number of aromatic amines is 1. The Hall–Kier alpha value is -2.17. The van der Waals surface area contributed by atoms with Crippen molar-refractivity contribution < 1.29 is 9.53 Å². The van der Waals surface area contributed by atoms with E-state index < -0.39 is 5.41 Å². The van der Waals surface area contributed by atoms with Crippen molar-refractivity contribution in [2.75, 3.05) is 19.7 Å². The number of para-hydroxylation sites is 2. The fraction of sp³-hybridized carbons (Fsp3) is 0.350. The average Bonchev–Trinajstić information content (AvgIpc) is 3.00. The molecule has 0 radical (unpaired) electrons. The van der Waals surface area contributed by atoms with Gasteiger partial charge in [0, 0.05) is 34.9 Å². The Labute approximate surface area is 141 Å². The zero-order valence-corrected chi connectivity index (χ0v) is 14.1. The van der Waals surface area contributed by atoms with Crippen molar-refractivity contribution in [3.05, 3.63) is 48.0 Å². The van der Waals surface area contributed by atoms with Crippen LogP contribution in [0.15, 0.2) is 42.5 Å². The second kappa shape index (κ2) is 5.72. The molecule has 4 rings (SSSR count). The highest BCUT2D eigenvalue weighted by Crippen LogP contribution is 2.34. The summed E-state index contributed by atoms with van der Waals surface area (Å²) < 4.78 is 5.86. The van der Waals surface area contributed by atoms with Gasteiger partial charge in [-0.15, -0.1) is 0 Å². The average molecular weight is 322 g/mol. The minimum absolute atomic E-state index is 0.113. The topological polar surface area (TPSA) is 54.1 Å². The van der Waals surface area contributed by atoms with Crippen LogP contribution in [0.4, 0.5) is 0 Å². The van der Waals surface area contributed by atoms with E-state index in [0.29, 0.717) is 13.2 Å². The Morgan fingerprint density at radius 3 is 2.71 bits per heavy atom. The van der Waals surface area contributed by atoms with Crippen molar-refractivity contribution in [1.82, 2.24) is 10.3 Å². The van der Waals surface area contributed by atoms with Gasteiger partial charge >= 0.3 is 0 Å². The number of ether oxygens (including phenoxy) is 1. The molecular formula is C20H22N2O2. The molecule has 2 heterocycles. The molecule has 1 aliphatic rings. The SMILES string of the molecule is CC(C)(C(=O)c1cccc2c1[nH]c1ccccc12)C1CNCCO1. The Morgan fingerprint density at radius 2 is 1.92 bits per heavy atom. The van der Waals surface area contributed by atoms with Crippen molar-refractivity contribution in [2.24, 2.45) is 5.41 Å². The van der Waals surface area contributed by atoms with Crippen molar-refractivity contribution in [2.45, 2.75) is 20.0 Å². The lowest BCUT2D eigenvalue weighted by molar-refractivity contribution is -0.0323. The second-order valence-corrected chi connectivity index (χ2v) is 7.01. The summed E-state index contributed by atoms with van der Waals surface area (Å²) in [6.45, 7) is 6.17. The van der Waals surface area contributed by atoms with E-state index in [-0.39, 0.29) is 11.9 Å². The first-order valence-corrected chi connectivity index (χ1v) is 8.45. The van der Waals surface area contributed by atoms with Crippen LogP contribution in [-0.2, 0) is 4.74 Å². The number of carbonyl (C=O) groups is 1. The Bertz CT molecular complexity index is 904. The number of benzene rings is 2. The lowest BCUT2D eigenvalue weighted by Gasteiger charge is -2.36. The van der Waals surface area contributed by atoms with Gasteiger partial charge in [-0.2, -0.15) is 0 Å². The van der Waals surface area contributed by atoms with E-state index >= 15 is 0 Å². The van der Waals surface area contributed by atoms with Gasteiger partial charge < -0.3 is 15.0 Å². The molecule has 0 amide bonds. The molecule has 3 aromatic rings. The molecule has 124 valence electrons. The minimum atomic E-state index is -0.584. The molecule has 4 heteroatoms. The van der Waals surface area contributed by atoms with Crippen LogP contribution in [0.2, 0.25) is 0 Å². The van der Waals surface area contributed by atoms with Crippen molar-refractivity contribution >= 4 is 27.6 Å². The third kappa shape index (κ3) is 2.34. The van der Waals surface area contributed by atoms with Gasteiger partial charge in [0.2, 0.25) is 0 Å². The summed E-state index contributed by atoms with van der Waals surface area (Å²) in [5.74, 6) is 0.119. The number of nitrogens with one attached hydrogen (secondary N) is 2. The third-order valence-corrected chi connectivity index (χ3v) is 5.10. The van der Waals surface area contributed by atoms with Gasteiger partial charge in [0.15, 0.2) is 5.78 Å². The van der Waals surface area contributed by atoms with Crippen LogP contribution in [-0.4, -0.2) is 36.6 Å². The van der Waals surface area contributed by atoms with Crippen LogP contribution < -0.4 is 5.32 Å². The molecule has 1 fully saturated rings. The minimum Gasteiger partial charge on any atom is -0.375 e. The Kier molecular flexibility index (Phi) is 3.66. The zero-order chi connectivity index (χ0) is 16.7. The van der Waals surface area contributed by atoms with Gasteiger partial charge in [-0.05, 0) is 26.0 Å². The molecule has 0 bridgehead atoms. The predicted molar refractivity (Wildman–Crippen MR) is 96.5 cm³/mol. The molecule has 0 spiro atoms. The molecule has 1 aliphatic heterocycles. The maximum atomic E-state index is 13.3. The van der Waals surface area contributed by atoms with E-state index in [1.54, 1.807) is 0 Å². The summed E-state index contributed by atoms with van der Waals surface area (Å²) >= 11 is 0. The van der Waals surface area contributed by atoms with E-state index in [9.17, 15) is 4.79 Å². The molecular weight excluding hydrogens is 300 g/mol. The quantitative estimate of drug-likeness (QED) is 0.726. The van der Waals surface area contributed by atoms with E-state index in [1.807, 2.05) is 44.2 Å². The summed E-state index contributed by atoms with van der Waals surface area (Å²) in [6.07, 6.45) is -0.113. The van der Waals surface area contributed by atoms with Crippen LogP contribution in [0, 0.1) is 5.41 Å². The highest BCUT2D eigenvalue weighted by Gasteiger charge is 2.39. The summed E-state index contributed by atoms with van der Waals surface area (Å²) in [5, 5.41) is 5.56. The van der Waals surface area contributed by atoms with Gasteiger partial charge in [-0.1, -0.05) is 30.3 Å². The molecule has 2 aromatic carbocycles. The number of aromatic nitrogens is 1. The number of morpholine rings is 1. The van der Waals surface area contributed by atoms with Crippen molar-refractivity contribution in [3.63, 3.8) is 0 Å². The largest absolute Gasteiger partial charge is 0.375 e. The second-order valence-electron chi connectivity index (χ2n) is 7.01. The molecule has 0 aliphatic carbocycles. The van der Waals surface area contributed by atoms with Gasteiger partial charge in [0.05, 0.1) is 23.6 Å². The van der Waals surface area contributed by atoms with Gasteiger partial charge in [0.1, 0.15) is 0 Å². The number of Topliss-reactive ketones (excluding diaryl/α,β-unsaturated/α-hetero) is 1. The number of fused-ring (bicyclic) bond motifs is 3. The van der Waals surface area contributed by atoms with E-state index in [2.05, 4.69) is 22.4 Å². The summed E-state index contributed by atoms with van der Waals surface area (Å²) in [4.78, 5) is 16.8. The standard InChI is InChI=1S/C20H22N2O2/c1-20(2,17-12-21-10-11-24-17)19(23)15-8-5-7-14-13-6-3-4-9-16(13)22-18(14)15/h3-9,17,21-22H,10-12H2,1-2H3. The van der Waals surface area contributed by atoms with Crippen LogP contribution in [0.25, 0.3) is 21.8 Å².